The second-order valence-electron chi connectivity index (χ2n) is 5.28. The van der Waals surface area contributed by atoms with Crippen LogP contribution in [0, 0.1) is 0 Å². The van der Waals surface area contributed by atoms with E-state index in [0.717, 1.165) is 10.6 Å². The first-order valence-electron chi connectivity index (χ1n) is 6.97. The Hall–Kier alpha value is -1.99. The van der Waals surface area contributed by atoms with Crippen LogP contribution in [0.2, 0.25) is 0 Å². The van der Waals surface area contributed by atoms with Gasteiger partial charge in [0.1, 0.15) is 5.01 Å². The molecule has 6 nitrogen and oxygen atoms in total. The molecule has 2 N–H and O–H groups in total. The summed E-state index contributed by atoms with van der Waals surface area (Å²) in [5.41, 5.74) is 0.896. The third-order valence-electron chi connectivity index (χ3n) is 3.27. The summed E-state index contributed by atoms with van der Waals surface area (Å²) >= 11 is 1.38. The summed E-state index contributed by atoms with van der Waals surface area (Å²) in [7, 11) is 1.59. The quantitative estimate of drug-likeness (QED) is 0.802. The van der Waals surface area contributed by atoms with Crippen molar-refractivity contribution in [2.75, 3.05) is 25.6 Å². The fraction of sp³-hybridized carbons (Fsp3) is 0.400. The van der Waals surface area contributed by atoms with Crippen molar-refractivity contribution >= 4 is 22.5 Å². The number of methoxy groups -OCH3 is 1. The lowest BCUT2D eigenvalue weighted by molar-refractivity contribution is 0.198. The zero-order valence-electron chi connectivity index (χ0n) is 12.9. The molecule has 2 rings (SSSR count). The van der Waals surface area contributed by atoms with E-state index >= 15 is 0 Å². The highest BCUT2D eigenvalue weighted by Crippen LogP contribution is 2.34. The van der Waals surface area contributed by atoms with Crippen molar-refractivity contribution in [3.05, 3.63) is 40.9 Å². The van der Waals surface area contributed by atoms with Gasteiger partial charge in [0.05, 0.1) is 6.61 Å². The summed E-state index contributed by atoms with van der Waals surface area (Å²) in [4.78, 5) is 11.7. The zero-order chi connectivity index (χ0) is 16.0. The summed E-state index contributed by atoms with van der Waals surface area (Å²) < 4.78 is 4.87. The summed E-state index contributed by atoms with van der Waals surface area (Å²) in [5.74, 6) is 0. The number of nitrogens with one attached hydrogen (secondary N) is 2. The van der Waals surface area contributed by atoms with Crippen LogP contribution >= 0.6 is 11.3 Å². The molecule has 0 atom stereocenters. The molecule has 0 aliphatic rings. The van der Waals surface area contributed by atoms with Crippen LogP contribution in [0.25, 0.3) is 0 Å². The Morgan fingerprint density at radius 1 is 1.27 bits per heavy atom. The van der Waals surface area contributed by atoms with Gasteiger partial charge in [-0.3, -0.25) is 5.32 Å². The van der Waals surface area contributed by atoms with Gasteiger partial charge in [0.15, 0.2) is 0 Å². The van der Waals surface area contributed by atoms with E-state index in [9.17, 15) is 4.79 Å². The van der Waals surface area contributed by atoms with E-state index < -0.39 is 0 Å². The Labute approximate surface area is 133 Å². The van der Waals surface area contributed by atoms with Crippen molar-refractivity contribution in [3.8, 4) is 0 Å². The lowest BCUT2D eigenvalue weighted by Gasteiger charge is -2.21. The lowest BCUT2D eigenvalue weighted by Crippen LogP contribution is -2.31. The molecule has 0 aliphatic heterocycles. The lowest BCUT2D eigenvalue weighted by atomic mass is 9.85. The minimum Gasteiger partial charge on any atom is -0.383 e. The van der Waals surface area contributed by atoms with Crippen molar-refractivity contribution in [1.29, 1.82) is 0 Å². The Kier molecular flexibility index (Phi) is 5.46. The highest BCUT2D eigenvalue weighted by molar-refractivity contribution is 7.15. The van der Waals surface area contributed by atoms with Gasteiger partial charge in [0.2, 0.25) is 5.13 Å². The maximum atomic E-state index is 11.7. The number of carbonyl (C=O) groups excluding carboxylic acids is 1. The Balaban J connectivity index is 2.03. The van der Waals surface area contributed by atoms with Crippen LogP contribution in [0.5, 0.6) is 0 Å². The van der Waals surface area contributed by atoms with Gasteiger partial charge in [-0.05, 0) is 19.4 Å². The third kappa shape index (κ3) is 4.02. The Bertz CT molecular complexity index is 613. The van der Waals surface area contributed by atoms with Crippen molar-refractivity contribution < 1.29 is 9.53 Å². The average Bonchev–Trinajstić information content (AvgIpc) is 2.97. The number of amides is 2. The molecule has 0 aliphatic carbocycles. The van der Waals surface area contributed by atoms with Gasteiger partial charge < -0.3 is 10.1 Å². The zero-order valence-corrected chi connectivity index (χ0v) is 13.7. The Morgan fingerprint density at radius 2 is 2.00 bits per heavy atom. The molecule has 1 aromatic carbocycles. The van der Waals surface area contributed by atoms with E-state index in [1.807, 2.05) is 18.2 Å². The monoisotopic (exact) mass is 320 g/mol. The number of hydrogen-bond donors (Lipinski definition) is 2. The fourth-order valence-corrected chi connectivity index (χ4v) is 2.78. The molecule has 0 spiro atoms. The standard InChI is InChI=1S/C15H20N4O2S/c1-15(2,11-7-5-4-6-8-11)12-18-19-14(22-12)17-13(20)16-9-10-21-3/h4-8H,9-10H2,1-3H3,(H2,16,17,19,20). The number of anilines is 1. The average molecular weight is 320 g/mol. The van der Waals surface area contributed by atoms with Crippen LogP contribution in [0.3, 0.4) is 0 Å². The number of benzene rings is 1. The van der Waals surface area contributed by atoms with Crippen LogP contribution in [-0.4, -0.2) is 36.5 Å². The van der Waals surface area contributed by atoms with Crippen molar-refractivity contribution in [3.63, 3.8) is 0 Å². The van der Waals surface area contributed by atoms with E-state index in [1.54, 1.807) is 7.11 Å². The van der Waals surface area contributed by atoms with E-state index in [0.29, 0.717) is 18.3 Å². The molecule has 0 fully saturated rings. The van der Waals surface area contributed by atoms with Gasteiger partial charge in [-0.2, -0.15) is 0 Å². The fourth-order valence-electron chi connectivity index (χ4n) is 1.91. The number of ether oxygens (including phenoxy) is 1. The van der Waals surface area contributed by atoms with Gasteiger partial charge in [0.25, 0.3) is 0 Å². The summed E-state index contributed by atoms with van der Waals surface area (Å²) in [6.45, 7) is 5.09. The van der Waals surface area contributed by atoms with Gasteiger partial charge in [-0.15, -0.1) is 10.2 Å². The predicted octanol–water partition coefficient (Wildman–Crippen LogP) is 2.63. The largest absolute Gasteiger partial charge is 0.383 e. The molecule has 0 unspecified atom stereocenters. The molecule has 0 bridgehead atoms. The number of rotatable bonds is 6. The first-order chi connectivity index (χ1) is 10.5. The van der Waals surface area contributed by atoms with Crippen LogP contribution in [0.1, 0.15) is 24.4 Å². The van der Waals surface area contributed by atoms with Gasteiger partial charge >= 0.3 is 6.03 Å². The van der Waals surface area contributed by atoms with Crippen molar-refractivity contribution in [2.45, 2.75) is 19.3 Å². The van der Waals surface area contributed by atoms with E-state index in [4.69, 9.17) is 4.74 Å². The van der Waals surface area contributed by atoms with Gasteiger partial charge in [0, 0.05) is 19.1 Å². The maximum Gasteiger partial charge on any atom is 0.321 e. The van der Waals surface area contributed by atoms with Gasteiger partial charge in [-0.1, -0.05) is 41.7 Å². The van der Waals surface area contributed by atoms with Crippen LogP contribution in [0.4, 0.5) is 9.93 Å². The molecule has 1 heterocycles. The molecule has 2 amide bonds. The normalized spacial score (nSPS) is 11.2. The molecule has 118 valence electrons. The molecular formula is C15H20N4O2S. The van der Waals surface area contributed by atoms with Crippen LogP contribution < -0.4 is 10.6 Å². The molecule has 0 saturated heterocycles. The number of hydrogen-bond acceptors (Lipinski definition) is 5. The molecule has 1 aromatic heterocycles. The molecule has 22 heavy (non-hydrogen) atoms. The summed E-state index contributed by atoms with van der Waals surface area (Å²) in [6.07, 6.45) is 0. The minimum absolute atomic E-state index is 0.259. The number of aromatic nitrogens is 2. The topological polar surface area (TPSA) is 76.1 Å². The maximum absolute atomic E-state index is 11.7. The smallest absolute Gasteiger partial charge is 0.321 e. The van der Waals surface area contributed by atoms with E-state index in [1.165, 1.54) is 11.3 Å². The predicted molar refractivity (Wildman–Crippen MR) is 87.4 cm³/mol. The third-order valence-corrected chi connectivity index (χ3v) is 4.43. The summed E-state index contributed by atoms with van der Waals surface area (Å²) in [6, 6.07) is 9.80. The molecule has 2 aromatic rings. The second kappa shape index (κ2) is 7.33. The Morgan fingerprint density at radius 3 is 2.68 bits per heavy atom. The van der Waals surface area contributed by atoms with Crippen LogP contribution in [-0.2, 0) is 10.2 Å². The SMILES string of the molecule is COCCNC(=O)Nc1nnc(C(C)(C)c2ccccc2)s1. The van der Waals surface area contributed by atoms with Gasteiger partial charge in [-0.25, -0.2) is 4.79 Å². The first-order valence-corrected chi connectivity index (χ1v) is 7.79. The van der Waals surface area contributed by atoms with E-state index in [2.05, 4.69) is 46.8 Å². The van der Waals surface area contributed by atoms with E-state index in [-0.39, 0.29) is 11.4 Å². The highest BCUT2D eigenvalue weighted by Gasteiger charge is 2.27. The molecular weight excluding hydrogens is 300 g/mol. The highest BCUT2D eigenvalue weighted by atomic mass is 32.1. The van der Waals surface area contributed by atoms with Crippen molar-refractivity contribution in [1.82, 2.24) is 15.5 Å². The number of urea groups is 1. The molecule has 7 heteroatoms. The van der Waals surface area contributed by atoms with Crippen LogP contribution in [0.15, 0.2) is 30.3 Å². The summed E-state index contributed by atoms with van der Waals surface area (Å²) in [5, 5.41) is 14.9. The molecule has 0 radical (unpaired) electrons. The second-order valence-corrected chi connectivity index (χ2v) is 6.25. The van der Waals surface area contributed by atoms with Crippen molar-refractivity contribution in [2.24, 2.45) is 0 Å². The minimum atomic E-state index is -0.308. The first kappa shape index (κ1) is 16.4. The number of carbonyl (C=O) groups is 1. The molecule has 0 saturated carbocycles. The number of nitrogens with zero attached hydrogens (tertiary/aromatic N) is 2.